The Hall–Kier alpha value is -1.57. The summed E-state index contributed by atoms with van der Waals surface area (Å²) in [4.78, 5) is 12.2. The topological polar surface area (TPSA) is 68.2 Å². The summed E-state index contributed by atoms with van der Waals surface area (Å²) >= 11 is 3.37. The molecule has 1 atom stereocenters. The summed E-state index contributed by atoms with van der Waals surface area (Å²) in [6.07, 6.45) is 3.50. The van der Waals surface area contributed by atoms with Crippen LogP contribution in [0.1, 0.15) is 11.6 Å². The van der Waals surface area contributed by atoms with Crippen molar-refractivity contribution in [3.63, 3.8) is 0 Å². The van der Waals surface area contributed by atoms with Crippen molar-refractivity contribution in [2.45, 2.75) is 6.04 Å². The van der Waals surface area contributed by atoms with E-state index in [2.05, 4.69) is 31.7 Å². The van der Waals surface area contributed by atoms with Crippen LogP contribution in [-0.2, 0) is 11.8 Å². The zero-order chi connectivity index (χ0) is 15.9. The van der Waals surface area contributed by atoms with Gasteiger partial charge in [-0.25, -0.2) is 0 Å². The number of rotatable bonds is 7. The number of carbonyl (C=O) groups excluding carboxylic acids is 1. The fourth-order valence-corrected chi connectivity index (χ4v) is 2.28. The molecular formula is C15H20BrClN4O2. The van der Waals surface area contributed by atoms with Crippen molar-refractivity contribution in [3.8, 4) is 5.75 Å². The number of nitrogens with zero attached hydrogens (tertiary/aromatic N) is 2. The number of ether oxygens (including phenoxy) is 1. The Morgan fingerprint density at radius 3 is 2.65 bits per heavy atom. The first-order chi connectivity index (χ1) is 10.6. The second kappa shape index (κ2) is 9.54. The van der Waals surface area contributed by atoms with Gasteiger partial charge in [0.15, 0.2) is 0 Å². The quantitative estimate of drug-likeness (QED) is 0.695. The van der Waals surface area contributed by atoms with E-state index < -0.39 is 6.04 Å². The fraction of sp³-hybridized carbons (Fsp3) is 0.333. The Bertz CT molecular complexity index is 618. The van der Waals surface area contributed by atoms with Crippen LogP contribution >= 0.6 is 28.3 Å². The van der Waals surface area contributed by atoms with Crippen molar-refractivity contribution >= 4 is 34.2 Å². The lowest BCUT2D eigenvalue weighted by molar-refractivity contribution is -0.123. The standard InChI is InChI=1S/C15H19BrN4O2.ClH/c1-17-14(11-9-19-20(2)10-11)15(21)18-7-8-22-13-5-3-12(16)4-6-13;/h3-6,9-10,14,17H,7-8H2,1-2H3,(H,18,21);1H. The zero-order valence-corrected chi connectivity index (χ0v) is 15.4. The summed E-state index contributed by atoms with van der Waals surface area (Å²) in [5, 5.41) is 9.91. The molecule has 126 valence electrons. The fourth-order valence-electron chi connectivity index (χ4n) is 2.01. The molecule has 1 heterocycles. The maximum Gasteiger partial charge on any atom is 0.241 e. The van der Waals surface area contributed by atoms with E-state index in [0.717, 1.165) is 15.8 Å². The maximum absolute atomic E-state index is 12.2. The molecule has 0 saturated carbocycles. The average molecular weight is 404 g/mol. The zero-order valence-electron chi connectivity index (χ0n) is 13.0. The van der Waals surface area contributed by atoms with Crippen molar-refractivity contribution in [3.05, 3.63) is 46.7 Å². The molecule has 1 aromatic carbocycles. The van der Waals surface area contributed by atoms with Crippen molar-refractivity contribution in [2.24, 2.45) is 7.05 Å². The number of aromatic nitrogens is 2. The number of aryl methyl sites for hydroxylation is 1. The minimum absolute atomic E-state index is 0. The number of carbonyl (C=O) groups is 1. The molecule has 2 rings (SSSR count). The monoisotopic (exact) mass is 402 g/mol. The predicted octanol–water partition coefficient (Wildman–Crippen LogP) is 2.06. The van der Waals surface area contributed by atoms with Gasteiger partial charge < -0.3 is 15.4 Å². The summed E-state index contributed by atoms with van der Waals surface area (Å²) in [6.45, 7) is 0.851. The Kier molecular flexibility index (Phi) is 8.08. The largest absolute Gasteiger partial charge is 0.492 e. The molecule has 2 aromatic rings. The van der Waals surface area contributed by atoms with Gasteiger partial charge in [0.1, 0.15) is 18.4 Å². The Morgan fingerprint density at radius 1 is 1.39 bits per heavy atom. The molecule has 0 aliphatic carbocycles. The molecule has 6 nitrogen and oxygen atoms in total. The van der Waals surface area contributed by atoms with Crippen LogP contribution in [0, 0.1) is 0 Å². The first-order valence-electron chi connectivity index (χ1n) is 6.92. The first-order valence-corrected chi connectivity index (χ1v) is 7.71. The van der Waals surface area contributed by atoms with Crippen LogP contribution in [0.25, 0.3) is 0 Å². The molecule has 8 heteroatoms. The van der Waals surface area contributed by atoms with Gasteiger partial charge in [-0.1, -0.05) is 15.9 Å². The minimum Gasteiger partial charge on any atom is -0.492 e. The van der Waals surface area contributed by atoms with Gasteiger partial charge in [-0.3, -0.25) is 9.48 Å². The Balaban J connectivity index is 0.00000264. The van der Waals surface area contributed by atoms with Crippen LogP contribution < -0.4 is 15.4 Å². The van der Waals surface area contributed by atoms with E-state index >= 15 is 0 Å². The van der Waals surface area contributed by atoms with E-state index in [1.165, 1.54) is 0 Å². The lowest BCUT2D eigenvalue weighted by Crippen LogP contribution is -2.37. The van der Waals surface area contributed by atoms with Gasteiger partial charge in [-0.15, -0.1) is 12.4 Å². The Morgan fingerprint density at radius 2 is 2.09 bits per heavy atom. The summed E-state index contributed by atoms with van der Waals surface area (Å²) in [5.41, 5.74) is 0.830. The van der Waals surface area contributed by atoms with Crippen LogP contribution in [0.3, 0.4) is 0 Å². The van der Waals surface area contributed by atoms with Gasteiger partial charge in [0.25, 0.3) is 0 Å². The number of amides is 1. The van der Waals surface area contributed by atoms with Crippen LogP contribution in [0.5, 0.6) is 5.75 Å². The highest BCUT2D eigenvalue weighted by atomic mass is 79.9. The highest BCUT2D eigenvalue weighted by Crippen LogP contribution is 2.16. The summed E-state index contributed by atoms with van der Waals surface area (Å²) in [7, 11) is 3.57. The highest BCUT2D eigenvalue weighted by molar-refractivity contribution is 9.10. The predicted molar refractivity (Wildman–Crippen MR) is 94.9 cm³/mol. The van der Waals surface area contributed by atoms with Crippen molar-refractivity contribution < 1.29 is 9.53 Å². The van der Waals surface area contributed by atoms with E-state index in [0.29, 0.717) is 13.2 Å². The van der Waals surface area contributed by atoms with Gasteiger partial charge in [-0.05, 0) is 31.3 Å². The number of benzene rings is 1. The summed E-state index contributed by atoms with van der Waals surface area (Å²) in [5.74, 6) is 0.671. The number of nitrogens with one attached hydrogen (secondary N) is 2. The van der Waals surface area contributed by atoms with Crippen molar-refractivity contribution in [1.82, 2.24) is 20.4 Å². The van der Waals surface area contributed by atoms with Crippen LogP contribution in [-0.4, -0.2) is 35.9 Å². The van der Waals surface area contributed by atoms with E-state index in [4.69, 9.17) is 4.74 Å². The second-order valence-corrected chi connectivity index (χ2v) is 5.68. The molecular weight excluding hydrogens is 384 g/mol. The number of halogens is 2. The summed E-state index contributed by atoms with van der Waals surface area (Å²) in [6, 6.07) is 7.15. The molecule has 2 N–H and O–H groups in total. The molecule has 1 aromatic heterocycles. The molecule has 0 radical (unpaired) electrons. The lowest BCUT2D eigenvalue weighted by Gasteiger charge is -2.14. The van der Waals surface area contributed by atoms with Crippen LogP contribution in [0.4, 0.5) is 0 Å². The Labute approximate surface area is 150 Å². The molecule has 0 aliphatic heterocycles. The van der Waals surface area contributed by atoms with Crippen LogP contribution in [0.2, 0.25) is 0 Å². The van der Waals surface area contributed by atoms with E-state index in [-0.39, 0.29) is 18.3 Å². The smallest absolute Gasteiger partial charge is 0.241 e. The summed E-state index contributed by atoms with van der Waals surface area (Å²) < 4.78 is 8.23. The number of likely N-dealkylation sites (N-methyl/N-ethyl adjacent to an activating group) is 1. The SMILES string of the molecule is CNC(C(=O)NCCOc1ccc(Br)cc1)c1cnn(C)c1.Cl. The van der Waals surface area contributed by atoms with Gasteiger partial charge in [-0.2, -0.15) is 5.10 Å². The third-order valence-corrected chi connectivity index (χ3v) is 3.62. The van der Waals surface area contributed by atoms with Crippen LogP contribution in [0.15, 0.2) is 41.1 Å². The number of hydrogen-bond donors (Lipinski definition) is 2. The first kappa shape index (κ1) is 19.5. The third-order valence-electron chi connectivity index (χ3n) is 3.09. The average Bonchev–Trinajstić information content (AvgIpc) is 2.92. The molecule has 23 heavy (non-hydrogen) atoms. The molecule has 1 amide bonds. The highest BCUT2D eigenvalue weighted by Gasteiger charge is 2.19. The molecule has 0 spiro atoms. The maximum atomic E-state index is 12.2. The van der Waals surface area contributed by atoms with Crippen molar-refractivity contribution in [2.75, 3.05) is 20.2 Å². The van der Waals surface area contributed by atoms with E-state index in [9.17, 15) is 4.79 Å². The van der Waals surface area contributed by atoms with E-state index in [1.807, 2.05) is 37.5 Å². The molecule has 1 unspecified atom stereocenters. The van der Waals surface area contributed by atoms with Gasteiger partial charge in [0, 0.05) is 23.3 Å². The van der Waals surface area contributed by atoms with Gasteiger partial charge in [0.2, 0.25) is 5.91 Å². The van der Waals surface area contributed by atoms with E-state index in [1.54, 1.807) is 17.9 Å². The normalized spacial score (nSPS) is 11.4. The third kappa shape index (κ3) is 5.85. The molecule has 0 bridgehead atoms. The van der Waals surface area contributed by atoms with Gasteiger partial charge >= 0.3 is 0 Å². The number of hydrogen-bond acceptors (Lipinski definition) is 4. The lowest BCUT2D eigenvalue weighted by atomic mass is 10.1. The molecule has 0 saturated heterocycles. The molecule has 0 fully saturated rings. The van der Waals surface area contributed by atoms with Crippen molar-refractivity contribution in [1.29, 1.82) is 0 Å². The van der Waals surface area contributed by atoms with Gasteiger partial charge in [0.05, 0.1) is 12.7 Å². The molecule has 0 aliphatic rings. The minimum atomic E-state index is -0.415. The second-order valence-electron chi connectivity index (χ2n) is 4.76.